The van der Waals surface area contributed by atoms with Crippen LogP contribution >= 0.6 is 17.1 Å². The summed E-state index contributed by atoms with van der Waals surface area (Å²) in [5.41, 5.74) is 3.89. The highest BCUT2D eigenvalue weighted by Gasteiger charge is 2.43. The molecule has 712 valence electrons. The van der Waals surface area contributed by atoms with Crippen LogP contribution in [-0.2, 0) is 37.2 Å². The number of aromatic nitrogens is 4. The molecule has 132 heavy (non-hydrogen) atoms. The minimum Gasteiger partial charge on any atom is -0.494 e. The number of nitriles is 1. The zero-order chi connectivity index (χ0) is 100. The van der Waals surface area contributed by atoms with Crippen molar-refractivity contribution in [3.05, 3.63) is 216 Å². The van der Waals surface area contributed by atoms with Crippen LogP contribution in [-0.4, -0.2) is 204 Å². The number of amides is 2. The second kappa shape index (κ2) is 50.8. The van der Waals surface area contributed by atoms with E-state index in [9.17, 15) is 54.3 Å². The summed E-state index contributed by atoms with van der Waals surface area (Å²) in [7, 11) is 2.41. The third kappa shape index (κ3) is 28.9. The summed E-state index contributed by atoms with van der Waals surface area (Å²) >= 11 is 0. The summed E-state index contributed by atoms with van der Waals surface area (Å²) in [5.74, 6) is 0.537. The Hall–Kier alpha value is -11.7. The molecular weight excluding hydrogens is 1740 g/mol. The molecule has 6 heterocycles. The Morgan fingerprint density at radius 2 is 1.05 bits per heavy atom. The minimum absolute atomic E-state index is 0.00958. The highest BCUT2D eigenvalue weighted by Crippen LogP contribution is 2.53. The van der Waals surface area contributed by atoms with Gasteiger partial charge in [-0.05, 0) is 165 Å². The van der Waals surface area contributed by atoms with Gasteiger partial charge in [-0.2, -0.15) is 10.4 Å². The Morgan fingerprint density at radius 3 is 1.42 bits per heavy atom. The summed E-state index contributed by atoms with van der Waals surface area (Å²) in [6.07, 6.45) is 11.2. The number of anilines is 2. The predicted octanol–water partition coefficient (Wildman–Crippen LogP) is 16.0. The molecule has 10 rings (SSSR count). The predicted molar refractivity (Wildman–Crippen MR) is 508 cm³/mol. The Kier molecular flexibility index (Phi) is 38.8. The lowest BCUT2D eigenvalue weighted by Gasteiger charge is -2.43. The fourth-order valence-electron chi connectivity index (χ4n) is 15.3. The van der Waals surface area contributed by atoms with Gasteiger partial charge in [-0.3, -0.25) is 58.5 Å². The molecule has 0 spiro atoms. The van der Waals surface area contributed by atoms with Crippen molar-refractivity contribution in [3.63, 3.8) is 0 Å². The lowest BCUT2D eigenvalue weighted by Crippen LogP contribution is -2.45. The number of ether oxygens (including phenoxy) is 4. The van der Waals surface area contributed by atoms with Crippen LogP contribution in [0.4, 0.5) is 45.5 Å². The zero-order valence-electron chi connectivity index (χ0n) is 81.8. The third-order valence-electron chi connectivity index (χ3n) is 21.2. The maximum Gasteiger partial charge on any atom is 0.330 e. The van der Waals surface area contributed by atoms with E-state index in [0.29, 0.717) is 54.5 Å². The van der Waals surface area contributed by atoms with Crippen molar-refractivity contribution < 1.29 is 69.4 Å². The number of non-ortho nitro benzene ring substituents is 2. The maximum atomic E-state index is 13.0. The molecule has 2 amide bonds. The number of nitro groups is 2. The monoisotopic (exact) mass is 1870 g/mol. The molecule has 6 aromatic rings. The van der Waals surface area contributed by atoms with Crippen molar-refractivity contribution in [2.75, 3.05) is 90.7 Å². The number of hydrogen-bond acceptors (Lipinski definition) is 29. The Morgan fingerprint density at radius 1 is 0.659 bits per heavy atom. The highest BCUT2D eigenvalue weighted by atomic mass is 31.2. The fourth-order valence-corrected chi connectivity index (χ4v) is 18.8. The maximum absolute atomic E-state index is 13.0. The number of H-pyrrole nitrogens is 2. The molecule has 4 aliphatic heterocycles. The van der Waals surface area contributed by atoms with Crippen LogP contribution in [0, 0.1) is 44.7 Å². The normalized spacial score (nSPS) is 18.6. The summed E-state index contributed by atoms with van der Waals surface area (Å²) in [4.78, 5) is 115. The molecule has 4 aliphatic rings. The number of rotatable bonds is 40. The molecular formula is C91H123N19O20P2. The SMILES string of the molecule is [2H]C[C@H]1O[C@@H](n2cc(/C=C/CNC(=O)CCCN3c4cc(OC)c(N=Nc5ccc([N+](=O)[O-])cc5)cc4C(C)=CC3(C)C)c(=O)[nH]c2=O)CC1OP(OCC[N+]#[C-])N(C(C)C)C(C)C.[2H]C[C@H]1O[C@@H](n2cc(/C=C/CNC(=O)CCCN3c4cc(OC)c(N=Nc5ccc([N+](=O)[O-])cc5C#N)cc4C(C)=CC3(C)C)c(=O)[nH]c2=O)CC1OP(OCC[N+]#[C-])N(C(C)C)C(C)C.[3H]OC.[3H]OC. The second-order valence-electron chi connectivity index (χ2n) is 32.8. The van der Waals surface area contributed by atoms with Crippen LogP contribution in [0.1, 0.15) is 192 Å². The van der Waals surface area contributed by atoms with Crippen molar-refractivity contribution >= 4 is 97.7 Å². The van der Waals surface area contributed by atoms with Gasteiger partial charge in [0.1, 0.15) is 60.3 Å². The second-order valence-corrected chi connectivity index (χ2v) is 35.6. The molecule has 4 unspecified atom stereocenters. The van der Waals surface area contributed by atoms with Gasteiger partial charge in [0, 0.05) is 164 Å². The van der Waals surface area contributed by atoms with E-state index in [1.165, 1.54) is 91.4 Å². The van der Waals surface area contributed by atoms with Crippen LogP contribution in [0.25, 0.3) is 33.0 Å². The van der Waals surface area contributed by atoms with Gasteiger partial charge >= 0.3 is 11.4 Å². The smallest absolute Gasteiger partial charge is 0.330 e. The summed E-state index contributed by atoms with van der Waals surface area (Å²) in [6, 6.07) is 19.3. The van der Waals surface area contributed by atoms with E-state index in [2.05, 4.69) is 120 Å². The molecule has 0 aliphatic carbocycles. The number of nitrogens with zero attached hydrogens (tertiary/aromatic N) is 15. The number of aliphatic hydroxyl groups excluding tert-OH is 2. The van der Waals surface area contributed by atoms with E-state index in [-0.39, 0.29) is 154 Å². The summed E-state index contributed by atoms with van der Waals surface area (Å²) in [6.45, 7) is 44.7. The standard InChI is InChI=1S/C45H57N10O9P.C44H58N9O9P.2CH4O/c1-28(2)54(29(3)4)65(62-20-18-47-9)64-39-24-42(63-31(39)6)52-27-32(43(57)49-44(52)58)13-11-17-48-41(56)14-12-19-53-38-23-40(61-10)37(22-35(38)30(5)25-45(53,7)8)51-50-36-16-15-34(55(59)60)21-33(36)26-46;1-28(2)52(29(3)4)63(60-22-20-45-9)62-38-25-41(61-31(38)6)50-27-32(42(55)47-43(50)56)13-11-19-46-40(54)14-12-21-51-37-24-39(59-10)36(23-35(37)30(5)26-44(51,7)8)49-48-33-15-17-34(18-16-33)53(57)58;2*1-2/h11,13,15-16,21-23,25,27-29,31,39,42H,12,14,17-20,24H2,1-8,10H3,(H,48,56)(H,49,57,58);11,13,15-18,23-24,26-29,31,38,41H,12,14,19-22,25H2,1-8,10H3,(H,46,54)(H,47,55,56);2*2H,1H3/b13-11+,51-50?;13-11+,49-48?;;/t31-,39?,42-,65?;31-,38?,41-,63?;;/m11../s1/i2*6D;2*2T. The number of nitro benzene ring substituents is 2. The van der Waals surface area contributed by atoms with Crippen molar-refractivity contribution in [1.82, 2.24) is 39.1 Å². The summed E-state index contributed by atoms with van der Waals surface area (Å²) < 4.78 is 83.2. The van der Waals surface area contributed by atoms with Gasteiger partial charge in [0.15, 0.2) is 0 Å². The number of carbonyl (C=O) groups excluding carboxylic acids is 2. The van der Waals surface area contributed by atoms with Crippen molar-refractivity contribution in [2.24, 2.45) is 20.5 Å². The molecule has 0 radical (unpaired) electrons. The number of carbonyl (C=O) groups is 2. The first-order valence-corrected chi connectivity index (χ1v) is 45.0. The molecule has 4 aromatic carbocycles. The molecule has 39 nitrogen and oxygen atoms in total. The quantitative estimate of drug-likeness (QED) is 0.00519. The topological polar surface area (TPSA) is 463 Å². The Labute approximate surface area is 776 Å². The lowest BCUT2D eigenvalue weighted by atomic mass is 9.88. The van der Waals surface area contributed by atoms with E-state index in [4.69, 9.17) is 55.8 Å². The number of aliphatic hydroxyl groups is 2. The average Bonchev–Trinajstić information content (AvgIpc) is 1.17. The van der Waals surface area contributed by atoms with Gasteiger partial charge in [0.25, 0.3) is 39.5 Å². The lowest BCUT2D eigenvalue weighted by molar-refractivity contribution is -0.385. The number of methoxy groups -OCH3 is 2. The Balaban J connectivity index is 0.000000350. The minimum atomic E-state index is -1.62. The number of allylic oxidation sites excluding steroid dienone is 2. The van der Waals surface area contributed by atoms with Crippen molar-refractivity contribution in [3.8, 4) is 17.6 Å². The van der Waals surface area contributed by atoms with Gasteiger partial charge in [0.05, 0.1) is 81.9 Å². The number of nitrogens with one attached hydrogen (secondary N) is 4. The first kappa shape index (κ1) is 101. The third-order valence-corrected chi connectivity index (χ3v) is 25.5. The molecule has 6 N–H and O–H groups in total. The first-order valence-electron chi connectivity index (χ1n) is 45.0. The van der Waals surface area contributed by atoms with Crippen molar-refractivity contribution in [2.45, 2.75) is 221 Å². The molecule has 8 atom stereocenters. The summed E-state index contributed by atoms with van der Waals surface area (Å²) in [5, 5.41) is 61.8. The van der Waals surface area contributed by atoms with Gasteiger partial charge in [-0.15, -0.1) is 15.3 Å². The number of azo groups is 2. The Bertz CT molecular complexity index is 5640. The van der Waals surface area contributed by atoms with Crippen LogP contribution in [0.3, 0.4) is 0 Å². The van der Waals surface area contributed by atoms with Gasteiger partial charge in [-0.25, -0.2) is 32.1 Å². The average molecular weight is 1870 g/mol. The highest BCUT2D eigenvalue weighted by molar-refractivity contribution is 7.45. The number of fused-ring (bicyclic) bond motifs is 2. The van der Waals surface area contributed by atoms with Crippen molar-refractivity contribution in [1.29, 1.82) is 8.12 Å². The van der Waals surface area contributed by atoms with E-state index in [1.807, 2.05) is 99.6 Å². The van der Waals surface area contributed by atoms with E-state index < -0.39 is 91.8 Å². The number of aromatic amines is 2. The zero-order valence-corrected chi connectivity index (χ0v) is 79.6. The van der Waals surface area contributed by atoms with E-state index >= 15 is 0 Å². The van der Waals surface area contributed by atoms with Gasteiger partial charge < -0.3 is 77.4 Å². The molecule has 2 saturated heterocycles. The van der Waals surface area contributed by atoms with Crippen LogP contribution in [0.15, 0.2) is 143 Å². The first-order chi connectivity index (χ1) is 64.7. The molecule has 0 saturated carbocycles. The number of hydrogen-bond donors (Lipinski definition) is 6. The fraction of sp³-hybridized carbons (Fsp3) is 0.505. The van der Waals surface area contributed by atoms with Crippen LogP contribution < -0.4 is 52.4 Å². The van der Waals surface area contributed by atoms with Gasteiger partial charge in [-0.1, -0.05) is 36.5 Å². The number of benzene rings is 4. The van der Waals surface area contributed by atoms with Crippen LogP contribution in [0.5, 0.6) is 11.5 Å². The van der Waals surface area contributed by atoms with E-state index in [1.54, 1.807) is 19.3 Å². The molecule has 41 heteroatoms. The molecule has 2 aromatic heterocycles. The van der Waals surface area contributed by atoms with Crippen LogP contribution in [0.2, 0.25) is 0 Å². The largest absolute Gasteiger partial charge is 0.494 e. The van der Waals surface area contributed by atoms with Gasteiger partial charge in [0.2, 0.25) is 27.8 Å². The van der Waals surface area contributed by atoms with E-state index in [0.717, 1.165) is 39.7 Å². The molecule has 2 fully saturated rings. The molecule has 0 bridgehead atoms.